The highest BCUT2D eigenvalue weighted by atomic mass is 16.5. The van der Waals surface area contributed by atoms with E-state index < -0.39 is 18.2 Å². The van der Waals surface area contributed by atoms with Crippen molar-refractivity contribution in [3.8, 4) is 0 Å². The summed E-state index contributed by atoms with van der Waals surface area (Å²) in [7, 11) is 0. The lowest BCUT2D eigenvalue weighted by molar-refractivity contribution is -0.151. The number of nitrogens with one attached hydrogen (secondary N) is 1. The number of aliphatic hydroxyl groups excluding tert-OH is 2. The maximum atomic E-state index is 13.2. The first kappa shape index (κ1) is 57.8. The minimum atomic E-state index is -0.810. The summed E-state index contributed by atoms with van der Waals surface area (Å²) in [5.74, 6) is -0.564. The second-order valence-electron chi connectivity index (χ2n) is 16.6. The predicted octanol–water partition coefficient (Wildman–Crippen LogP) is 14.9. The van der Waals surface area contributed by atoms with Crippen molar-refractivity contribution in [1.82, 2.24) is 5.32 Å². The van der Waals surface area contributed by atoms with Gasteiger partial charge >= 0.3 is 5.97 Å². The van der Waals surface area contributed by atoms with Gasteiger partial charge in [0.2, 0.25) is 5.91 Å². The molecule has 3 unspecified atom stereocenters. The number of carbonyl (C=O) groups is 2. The summed E-state index contributed by atoms with van der Waals surface area (Å²) in [6.07, 6.45) is 63.2. The molecule has 1 amide bonds. The van der Waals surface area contributed by atoms with E-state index in [1.165, 1.54) is 70.6 Å². The smallest absolute Gasteiger partial charge is 0.306 e. The standard InChI is InChI=1S/C55H93NO5/c1-4-7-10-13-16-19-22-24-26-27-29-30-32-34-37-40-43-46-51(61-55(60)48-45-42-39-36-33-31-28-25-23-20-17-14-11-8-5-2)49-54(59)56-52(50-57)53(58)47-44-41-38-35-21-18-15-12-9-6-3/h8,11,14,16-17,19-20,23-26,28-30,34,37,51-53,57-58H,4-7,9-10,12-13,15,18,21-22,27,31-33,35-36,38-50H2,1-3H3,(H,56,59)/b11-8+,17-14+,19-16-,23-20+,26-24-,28-25-,30-29-,37-34-. The van der Waals surface area contributed by atoms with Crippen LogP contribution in [0.3, 0.4) is 0 Å². The molecule has 0 aromatic rings. The van der Waals surface area contributed by atoms with Gasteiger partial charge in [0.05, 0.1) is 25.2 Å². The van der Waals surface area contributed by atoms with Crippen molar-refractivity contribution in [2.75, 3.05) is 6.61 Å². The molecule has 0 aromatic carbocycles. The van der Waals surface area contributed by atoms with Gasteiger partial charge < -0.3 is 20.3 Å². The highest BCUT2D eigenvalue weighted by Crippen LogP contribution is 2.16. The fraction of sp³-hybridized carbons (Fsp3) is 0.673. The van der Waals surface area contributed by atoms with E-state index in [0.717, 1.165) is 96.3 Å². The number of ether oxygens (including phenoxy) is 1. The molecule has 6 nitrogen and oxygen atoms in total. The van der Waals surface area contributed by atoms with Crippen LogP contribution >= 0.6 is 0 Å². The summed E-state index contributed by atoms with van der Waals surface area (Å²) in [5, 5.41) is 23.7. The molecule has 0 aliphatic carbocycles. The first-order valence-electron chi connectivity index (χ1n) is 25.0. The Hall–Kier alpha value is -3.22. The Morgan fingerprint density at radius 2 is 0.967 bits per heavy atom. The van der Waals surface area contributed by atoms with Crippen molar-refractivity contribution in [2.45, 2.75) is 232 Å². The predicted molar refractivity (Wildman–Crippen MR) is 264 cm³/mol. The van der Waals surface area contributed by atoms with Gasteiger partial charge in [-0.25, -0.2) is 0 Å². The van der Waals surface area contributed by atoms with Gasteiger partial charge in [-0.05, 0) is 83.5 Å². The molecule has 0 radical (unpaired) electrons. The topological polar surface area (TPSA) is 95.9 Å². The maximum Gasteiger partial charge on any atom is 0.306 e. The Morgan fingerprint density at radius 3 is 1.56 bits per heavy atom. The van der Waals surface area contributed by atoms with E-state index in [4.69, 9.17) is 4.74 Å². The third-order valence-corrected chi connectivity index (χ3v) is 10.7. The second kappa shape index (κ2) is 47.8. The minimum absolute atomic E-state index is 0.0245. The molecule has 3 atom stereocenters. The van der Waals surface area contributed by atoms with Crippen LogP contribution in [-0.4, -0.2) is 46.9 Å². The van der Waals surface area contributed by atoms with E-state index in [1.807, 2.05) is 18.2 Å². The quantitative estimate of drug-likeness (QED) is 0.0246. The summed E-state index contributed by atoms with van der Waals surface area (Å²) in [6, 6.07) is -0.729. The Morgan fingerprint density at radius 1 is 0.508 bits per heavy atom. The summed E-state index contributed by atoms with van der Waals surface area (Å²) < 4.78 is 5.89. The SMILES string of the molecule is CC/C=C/C=C/C=C/C=C\CCCCCCCC(=O)OC(CCC/C=C\C/C=C\C/C=C\C/C=C\CCCCC)CC(=O)NC(CO)C(O)CCCCCCCCCCCC. The van der Waals surface area contributed by atoms with Crippen LogP contribution in [0.25, 0.3) is 0 Å². The molecule has 0 spiro atoms. The summed E-state index contributed by atoms with van der Waals surface area (Å²) >= 11 is 0. The molecule has 3 N–H and O–H groups in total. The van der Waals surface area contributed by atoms with Crippen LogP contribution < -0.4 is 5.32 Å². The van der Waals surface area contributed by atoms with Crippen molar-refractivity contribution in [2.24, 2.45) is 0 Å². The minimum Gasteiger partial charge on any atom is -0.462 e. The molecule has 0 aliphatic heterocycles. The van der Waals surface area contributed by atoms with E-state index >= 15 is 0 Å². The van der Waals surface area contributed by atoms with Gasteiger partial charge in [0, 0.05) is 6.42 Å². The van der Waals surface area contributed by atoms with Crippen LogP contribution in [-0.2, 0) is 14.3 Å². The summed E-state index contributed by atoms with van der Waals surface area (Å²) in [4.78, 5) is 26.1. The average molecular weight is 848 g/mol. The zero-order valence-corrected chi connectivity index (χ0v) is 39.5. The molecule has 61 heavy (non-hydrogen) atoms. The fourth-order valence-electron chi connectivity index (χ4n) is 6.96. The largest absolute Gasteiger partial charge is 0.462 e. The van der Waals surface area contributed by atoms with E-state index in [0.29, 0.717) is 19.3 Å². The van der Waals surface area contributed by atoms with Crippen LogP contribution in [0.4, 0.5) is 0 Å². The molecule has 0 aromatic heterocycles. The molecule has 0 saturated carbocycles. The normalized spacial score (nSPS) is 14.1. The van der Waals surface area contributed by atoms with Gasteiger partial charge in [0.25, 0.3) is 0 Å². The van der Waals surface area contributed by atoms with Crippen LogP contribution in [0, 0.1) is 0 Å². The Labute approximate surface area is 376 Å². The lowest BCUT2D eigenvalue weighted by Crippen LogP contribution is -2.46. The number of hydrogen-bond donors (Lipinski definition) is 3. The molecule has 0 saturated heterocycles. The Bertz CT molecular complexity index is 1220. The van der Waals surface area contributed by atoms with Gasteiger partial charge in [0.1, 0.15) is 6.10 Å². The van der Waals surface area contributed by atoms with Gasteiger partial charge in [-0.1, -0.05) is 214 Å². The first-order valence-corrected chi connectivity index (χ1v) is 25.0. The first-order chi connectivity index (χ1) is 30.0. The molecule has 0 rings (SSSR count). The molecular formula is C55H93NO5. The highest BCUT2D eigenvalue weighted by molar-refractivity contribution is 5.77. The molecule has 348 valence electrons. The number of aliphatic hydroxyl groups is 2. The zero-order valence-electron chi connectivity index (χ0n) is 39.5. The molecule has 0 fully saturated rings. The number of amides is 1. The zero-order chi connectivity index (χ0) is 44.5. The lowest BCUT2D eigenvalue weighted by Gasteiger charge is -2.24. The lowest BCUT2D eigenvalue weighted by atomic mass is 10.0. The van der Waals surface area contributed by atoms with Gasteiger partial charge in [-0.2, -0.15) is 0 Å². The molecular weight excluding hydrogens is 755 g/mol. The highest BCUT2D eigenvalue weighted by Gasteiger charge is 2.24. The van der Waals surface area contributed by atoms with Crippen molar-refractivity contribution in [3.05, 3.63) is 97.2 Å². The molecule has 6 heteroatoms. The monoisotopic (exact) mass is 848 g/mol. The Balaban J connectivity index is 4.77. The van der Waals surface area contributed by atoms with E-state index in [2.05, 4.69) is 105 Å². The van der Waals surface area contributed by atoms with E-state index in [1.54, 1.807) is 0 Å². The van der Waals surface area contributed by atoms with Crippen LogP contribution in [0.1, 0.15) is 213 Å². The number of esters is 1. The van der Waals surface area contributed by atoms with Crippen molar-refractivity contribution >= 4 is 11.9 Å². The maximum absolute atomic E-state index is 13.2. The number of unbranched alkanes of at least 4 members (excludes halogenated alkanes) is 18. The van der Waals surface area contributed by atoms with Crippen LogP contribution in [0.15, 0.2) is 97.2 Å². The van der Waals surface area contributed by atoms with Gasteiger partial charge in [-0.15, -0.1) is 0 Å². The van der Waals surface area contributed by atoms with Crippen LogP contribution in [0.2, 0.25) is 0 Å². The number of hydrogen-bond acceptors (Lipinski definition) is 5. The molecule has 0 aliphatic rings. The summed E-state index contributed by atoms with van der Waals surface area (Å²) in [6.45, 7) is 6.27. The third-order valence-electron chi connectivity index (χ3n) is 10.7. The third kappa shape index (κ3) is 43.2. The van der Waals surface area contributed by atoms with Crippen molar-refractivity contribution in [3.63, 3.8) is 0 Å². The molecule has 0 heterocycles. The second-order valence-corrected chi connectivity index (χ2v) is 16.6. The fourth-order valence-corrected chi connectivity index (χ4v) is 6.96. The average Bonchev–Trinajstić information content (AvgIpc) is 3.25. The summed E-state index contributed by atoms with van der Waals surface area (Å²) in [5.41, 5.74) is 0. The number of carbonyl (C=O) groups excluding carboxylic acids is 2. The van der Waals surface area contributed by atoms with Crippen LogP contribution in [0.5, 0.6) is 0 Å². The number of rotatable bonds is 43. The molecule has 0 bridgehead atoms. The van der Waals surface area contributed by atoms with Crippen molar-refractivity contribution in [1.29, 1.82) is 0 Å². The number of allylic oxidation sites excluding steroid dienone is 16. The van der Waals surface area contributed by atoms with E-state index in [9.17, 15) is 19.8 Å². The van der Waals surface area contributed by atoms with Gasteiger partial charge in [0.15, 0.2) is 0 Å². The van der Waals surface area contributed by atoms with Crippen molar-refractivity contribution < 1.29 is 24.5 Å². The van der Waals surface area contributed by atoms with E-state index in [-0.39, 0.29) is 24.9 Å². The van der Waals surface area contributed by atoms with Gasteiger partial charge in [-0.3, -0.25) is 9.59 Å². The Kier molecular flexibility index (Phi) is 45.3.